The van der Waals surface area contributed by atoms with Gasteiger partial charge in [-0.3, -0.25) is 48.1 Å². The van der Waals surface area contributed by atoms with Gasteiger partial charge in [-0.1, -0.05) is 45.9 Å². The number of hydrogen-bond donors (Lipinski definition) is 11. The molecule has 0 unspecified atom stereocenters. The van der Waals surface area contributed by atoms with Gasteiger partial charge in [0.1, 0.15) is 53.9 Å². The minimum atomic E-state index is -1.28. The topological polar surface area (TPSA) is 350 Å². The number of imidazole rings is 1. The first-order valence-corrected chi connectivity index (χ1v) is 26.9. The number of aromatic amines is 2. The number of thioether (sulfide) groups is 1. The maximum absolute atomic E-state index is 14.0. The van der Waals surface area contributed by atoms with Crippen molar-refractivity contribution >= 4 is 81.9 Å². The molecule has 1 aliphatic heterocycles. The average Bonchev–Trinajstić information content (AvgIpc) is 4.14. The summed E-state index contributed by atoms with van der Waals surface area (Å²) in [6.45, 7) is 14.7. The number of primary amides is 1. The fourth-order valence-corrected chi connectivity index (χ4v) is 8.76. The van der Waals surface area contributed by atoms with Crippen LogP contribution in [0.3, 0.4) is 0 Å². The fourth-order valence-electron chi connectivity index (χ4n) is 8.29. The maximum Gasteiger partial charge on any atom is 0.410 e. The maximum atomic E-state index is 14.0. The van der Waals surface area contributed by atoms with E-state index in [0.717, 1.165) is 10.9 Å². The van der Waals surface area contributed by atoms with E-state index < -0.39 is 126 Å². The van der Waals surface area contributed by atoms with Gasteiger partial charge in [-0.15, -0.1) is 0 Å². The summed E-state index contributed by atoms with van der Waals surface area (Å²) in [6.07, 6.45) is 7.04. The Morgan fingerprint density at radius 1 is 0.763 bits per heavy atom. The molecule has 8 atom stereocenters. The number of nitrogens with zero attached hydrogens (tertiary/aromatic N) is 2. The molecule has 1 aromatic carbocycles. The van der Waals surface area contributed by atoms with Gasteiger partial charge in [0.05, 0.1) is 12.9 Å². The standard InChI is InChI=1S/C51H77N13O11S/c1-27(2)20-36(46(70)60-35(42(52)66)17-19-76-10)62-47(71)38(22-32-24-53-26-56-32)61-43(67)29(5)58-49(73)41(28(3)4)63-44(68)30(6)57-45(69)37(21-31-23-54-34-15-12-11-14-33(31)34)59-40(65)25-55-48(72)39-16-13-18-64(39)50(74)75-51(7,8)9/h11-12,14-15,23-24,26-30,35-39,41,54H,13,16-22,25H2,1-10H3,(H2,52,66)(H,53,56)(H,55,72)(H,57,69)(H,58,73)(H,59,65)(H,60,70)(H,61,67)(H,62,71)(H,63,68)/t29-,30+,35+,36+,37+,38+,39+,41+/m1/s1. The van der Waals surface area contributed by atoms with E-state index >= 15 is 0 Å². The van der Waals surface area contributed by atoms with Crippen LogP contribution in [-0.4, -0.2) is 158 Å². The first-order valence-electron chi connectivity index (χ1n) is 25.5. The molecule has 3 heterocycles. The molecule has 0 bridgehead atoms. The van der Waals surface area contributed by atoms with Gasteiger partial charge in [0.25, 0.3) is 0 Å². The lowest BCUT2D eigenvalue weighted by Gasteiger charge is -2.28. The van der Waals surface area contributed by atoms with Crippen LogP contribution in [0.15, 0.2) is 43.0 Å². The van der Waals surface area contributed by atoms with Crippen molar-refractivity contribution < 1.29 is 52.7 Å². The summed E-state index contributed by atoms with van der Waals surface area (Å²) < 4.78 is 5.46. The second-order valence-electron chi connectivity index (χ2n) is 20.7. The minimum Gasteiger partial charge on any atom is -0.444 e. The molecule has 1 fully saturated rings. The zero-order valence-corrected chi connectivity index (χ0v) is 45.9. The van der Waals surface area contributed by atoms with Crippen LogP contribution >= 0.6 is 11.8 Å². The number of carbonyl (C=O) groups excluding carboxylic acids is 10. The molecule has 4 rings (SSSR count). The third-order valence-corrected chi connectivity index (χ3v) is 13.0. The normalized spacial score (nSPS) is 16.3. The Morgan fingerprint density at radius 3 is 1.99 bits per heavy atom. The van der Waals surface area contributed by atoms with E-state index in [9.17, 15) is 47.9 Å². The smallest absolute Gasteiger partial charge is 0.410 e. The van der Waals surface area contributed by atoms with E-state index in [4.69, 9.17) is 10.5 Å². The number of nitrogens with one attached hydrogen (secondary N) is 10. The van der Waals surface area contributed by atoms with Crippen LogP contribution in [0.2, 0.25) is 0 Å². The average molecular weight is 1080 g/mol. The highest BCUT2D eigenvalue weighted by Gasteiger charge is 2.38. The first kappa shape index (κ1) is 61.4. The number of amides is 10. The number of carbonyl (C=O) groups is 10. The molecule has 12 N–H and O–H groups in total. The Balaban J connectivity index is 1.42. The zero-order chi connectivity index (χ0) is 56.4. The number of para-hydroxylation sites is 1. The van der Waals surface area contributed by atoms with E-state index in [1.54, 1.807) is 40.8 Å². The predicted octanol–water partition coefficient (Wildman–Crippen LogP) is 0.566. The number of hydrogen-bond acceptors (Lipinski definition) is 13. The Hall–Kier alpha value is -7.18. The van der Waals surface area contributed by atoms with Crippen molar-refractivity contribution in [3.8, 4) is 0 Å². The molecule has 2 aromatic heterocycles. The molecule has 0 aliphatic carbocycles. The van der Waals surface area contributed by atoms with Crippen LogP contribution in [0.4, 0.5) is 4.79 Å². The largest absolute Gasteiger partial charge is 0.444 e. The van der Waals surface area contributed by atoms with Crippen LogP contribution in [0.5, 0.6) is 0 Å². The van der Waals surface area contributed by atoms with Crippen molar-refractivity contribution in [1.29, 1.82) is 0 Å². The van der Waals surface area contributed by atoms with E-state index in [1.165, 1.54) is 43.0 Å². The SMILES string of the molecule is CSCC[C@H](NC(=O)[C@H](CC(C)C)NC(=O)[C@H](Cc1cnc[nH]1)NC(=O)[C@@H](C)NC(=O)[C@@H](NC(=O)[C@H](C)NC(=O)[C@H](Cc1c[nH]c2ccccc12)NC(=O)CNC(=O)[C@@H]1CCCN1C(=O)OC(C)(C)C)C(C)C)C(N)=O. The van der Waals surface area contributed by atoms with Crippen LogP contribution in [0, 0.1) is 11.8 Å². The molecule has 24 nitrogen and oxygen atoms in total. The zero-order valence-electron chi connectivity index (χ0n) is 45.0. The van der Waals surface area contributed by atoms with Gasteiger partial charge < -0.3 is 63.0 Å². The number of H-pyrrole nitrogens is 2. The van der Waals surface area contributed by atoms with Crippen molar-refractivity contribution in [1.82, 2.24) is 62.4 Å². The predicted molar refractivity (Wildman–Crippen MR) is 285 cm³/mol. The summed E-state index contributed by atoms with van der Waals surface area (Å²) in [5.74, 6) is -6.46. The van der Waals surface area contributed by atoms with Crippen molar-refractivity contribution in [2.24, 2.45) is 17.6 Å². The first-order chi connectivity index (χ1) is 35.8. The molecule has 418 valence electrons. The summed E-state index contributed by atoms with van der Waals surface area (Å²) in [6, 6.07) is -1.86. The number of nitrogens with two attached hydrogens (primary N) is 1. The van der Waals surface area contributed by atoms with Gasteiger partial charge in [-0.2, -0.15) is 11.8 Å². The summed E-state index contributed by atoms with van der Waals surface area (Å²) in [7, 11) is 0. The highest BCUT2D eigenvalue weighted by atomic mass is 32.2. The van der Waals surface area contributed by atoms with Gasteiger partial charge in [0.2, 0.25) is 53.2 Å². The molecular formula is C51H77N13O11S. The number of rotatable bonds is 27. The van der Waals surface area contributed by atoms with Crippen molar-refractivity contribution in [3.05, 3.63) is 54.2 Å². The number of fused-ring (bicyclic) bond motifs is 1. The Bertz CT molecular complexity index is 2510. The van der Waals surface area contributed by atoms with Crippen LogP contribution in [-0.2, 0) is 60.7 Å². The van der Waals surface area contributed by atoms with Gasteiger partial charge >= 0.3 is 6.09 Å². The van der Waals surface area contributed by atoms with Crippen molar-refractivity contribution in [3.63, 3.8) is 0 Å². The molecule has 10 amide bonds. The third kappa shape index (κ3) is 18.9. The van der Waals surface area contributed by atoms with E-state index in [1.807, 2.05) is 44.4 Å². The number of likely N-dealkylation sites (tertiary alicyclic amines) is 1. The number of ether oxygens (including phenoxy) is 1. The van der Waals surface area contributed by atoms with Crippen LogP contribution < -0.4 is 48.3 Å². The number of aromatic nitrogens is 3. The quantitative estimate of drug-likeness (QED) is 0.0498. The Kier molecular flexibility index (Phi) is 23.1. The molecule has 0 saturated carbocycles. The monoisotopic (exact) mass is 1080 g/mol. The van der Waals surface area contributed by atoms with Gasteiger partial charge in [0.15, 0.2) is 0 Å². The summed E-state index contributed by atoms with van der Waals surface area (Å²) in [5, 5.41) is 21.9. The molecule has 3 aromatic rings. The van der Waals surface area contributed by atoms with Gasteiger partial charge in [-0.25, -0.2) is 9.78 Å². The van der Waals surface area contributed by atoms with Gasteiger partial charge in [0, 0.05) is 48.4 Å². The lowest BCUT2D eigenvalue weighted by Crippen LogP contribution is -2.60. The summed E-state index contributed by atoms with van der Waals surface area (Å²) >= 11 is 1.47. The molecular weight excluding hydrogens is 1000 g/mol. The highest BCUT2D eigenvalue weighted by Crippen LogP contribution is 2.22. The third-order valence-electron chi connectivity index (χ3n) is 12.3. The minimum absolute atomic E-state index is 0.0238. The summed E-state index contributed by atoms with van der Waals surface area (Å²) in [5.41, 5.74) is 6.70. The van der Waals surface area contributed by atoms with Crippen molar-refractivity contribution in [2.75, 3.05) is 25.1 Å². The molecule has 25 heteroatoms. The highest BCUT2D eigenvalue weighted by molar-refractivity contribution is 7.98. The molecule has 1 aliphatic rings. The molecule has 0 radical (unpaired) electrons. The second-order valence-corrected chi connectivity index (χ2v) is 21.7. The van der Waals surface area contributed by atoms with Crippen molar-refractivity contribution in [2.45, 2.75) is 155 Å². The second kappa shape index (κ2) is 28.6. The fraction of sp³-hybridized carbons (Fsp3) is 0.588. The van der Waals surface area contributed by atoms with Gasteiger partial charge in [-0.05, 0) is 95.8 Å². The Labute approximate surface area is 447 Å². The molecule has 0 spiro atoms. The van der Waals surface area contributed by atoms with E-state index in [-0.39, 0.29) is 31.6 Å². The molecule has 1 saturated heterocycles. The van der Waals surface area contributed by atoms with Crippen LogP contribution in [0.1, 0.15) is 99.3 Å². The molecule has 76 heavy (non-hydrogen) atoms. The van der Waals surface area contributed by atoms with Crippen LogP contribution in [0.25, 0.3) is 10.9 Å². The lowest BCUT2D eigenvalue weighted by molar-refractivity contribution is -0.136. The number of benzene rings is 1. The Morgan fingerprint density at radius 2 is 1.37 bits per heavy atom. The summed E-state index contributed by atoms with van der Waals surface area (Å²) in [4.78, 5) is 146. The van der Waals surface area contributed by atoms with E-state index in [2.05, 4.69) is 57.5 Å². The van der Waals surface area contributed by atoms with E-state index in [0.29, 0.717) is 36.4 Å². The lowest BCUT2D eigenvalue weighted by atomic mass is 10.0.